The lowest BCUT2D eigenvalue weighted by molar-refractivity contribution is -0.138. The Kier molecular flexibility index (Phi) is 4.99. The van der Waals surface area contributed by atoms with Crippen LogP contribution in [0.5, 0.6) is 0 Å². The van der Waals surface area contributed by atoms with E-state index < -0.39 is 62.2 Å². The van der Waals surface area contributed by atoms with Gasteiger partial charge in [-0.3, -0.25) is 9.48 Å². The van der Waals surface area contributed by atoms with E-state index in [9.17, 15) is 31.0 Å². The van der Waals surface area contributed by atoms with Crippen LogP contribution in [0.2, 0.25) is 0 Å². The normalized spacial score (nSPS) is 28.9. The summed E-state index contributed by atoms with van der Waals surface area (Å²) in [5.41, 5.74) is -3.73. The monoisotopic (exact) mass is 517 g/mol. The van der Waals surface area contributed by atoms with Crippen molar-refractivity contribution in [1.82, 2.24) is 14.8 Å². The number of nitrogens with one attached hydrogen (secondary N) is 2. The fraction of sp³-hybridized carbons (Fsp3) is 0.591. The minimum absolute atomic E-state index is 0.0116. The molecule has 3 saturated carbocycles. The van der Waals surface area contributed by atoms with Gasteiger partial charge in [-0.1, -0.05) is 6.92 Å². The van der Waals surface area contributed by atoms with E-state index in [4.69, 9.17) is 4.78 Å². The second kappa shape index (κ2) is 7.23. The molecule has 5 rings (SSSR count). The number of nitrogens with zero attached hydrogens (tertiary/aromatic N) is 3. The van der Waals surface area contributed by atoms with Crippen molar-refractivity contribution in [3.8, 4) is 0 Å². The van der Waals surface area contributed by atoms with E-state index in [1.165, 1.54) is 12.3 Å². The zero-order valence-corrected chi connectivity index (χ0v) is 19.8. The number of hydrogen-bond acceptors (Lipinski definition) is 5. The number of anilines is 1. The maximum Gasteiger partial charge on any atom is 0.420 e. The number of alkyl halides is 5. The Morgan fingerprint density at radius 2 is 1.97 bits per heavy atom. The predicted molar refractivity (Wildman–Crippen MR) is 116 cm³/mol. The molecular formula is C22H24F5N5O2S. The molecule has 2 N–H and O–H groups in total. The van der Waals surface area contributed by atoms with Crippen LogP contribution in [0.3, 0.4) is 0 Å². The molecule has 3 atom stereocenters. The Morgan fingerprint density at radius 3 is 2.51 bits per heavy atom. The number of amides is 1. The average Bonchev–Trinajstić information content (AvgIpc) is 3.55. The van der Waals surface area contributed by atoms with Crippen molar-refractivity contribution in [2.24, 2.45) is 10.8 Å². The molecule has 0 bridgehead atoms. The van der Waals surface area contributed by atoms with E-state index in [1.807, 2.05) is 0 Å². The van der Waals surface area contributed by atoms with E-state index in [0.717, 1.165) is 17.0 Å². The van der Waals surface area contributed by atoms with Crippen molar-refractivity contribution in [1.29, 1.82) is 4.78 Å². The fourth-order valence-corrected chi connectivity index (χ4v) is 6.20. The quantitative estimate of drug-likeness (QED) is 0.509. The number of fused-ring (bicyclic) bond motifs is 1. The molecule has 2 aromatic rings. The third-order valence-corrected chi connectivity index (χ3v) is 8.44. The van der Waals surface area contributed by atoms with Gasteiger partial charge in [-0.2, -0.15) is 18.3 Å². The second-order valence-corrected chi connectivity index (χ2v) is 12.6. The number of hydrogen-bond donors (Lipinski definition) is 2. The van der Waals surface area contributed by atoms with Gasteiger partial charge in [0.15, 0.2) is 0 Å². The van der Waals surface area contributed by atoms with Gasteiger partial charge in [0.1, 0.15) is 16.3 Å². The third kappa shape index (κ3) is 4.21. The van der Waals surface area contributed by atoms with Gasteiger partial charge in [-0.05, 0) is 36.8 Å². The first-order valence-electron chi connectivity index (χ1n) is 11.1. The fourth-order valence-electron chi connectivity index (χ4n) is 5.58. The molecular weight excluding hydrogens is 493 g/mol. The number of pyridine rings is 1. The summed E-state index contributed by atoms with van der Waals surface area (Å²) in [6, 6.07) is 2.47. The average molecular weight is 518 g/mol. The molecule has 7 nitrogen and oxygen atoms in total. The number of carbonyl (C=O) groups excluding carboxylic acids is 1. The van der Waals surface area contributed by atoms with E-state index in [2.05, 4.69) is 15.4 Å². The molecule has 3 unspecified atom stereocenters. The molecule has 0 saturated heterocycles. The van der Waals surface area contributed by atoms with Crippen molar-refractivity contribution < 1.29 is 31.0 Å². The van der Waals surface area contributed by atoms with Gasteiger partial charge in [-0.15, -0.1) is 0 Å². The van der Waals surface area contributed by atoms with Crippen LogP contribution in [0.15, 0.2) is 23.4 Å². The first-order chi connectivity index (χ1) is 16.0. The van der Waals surface area contributed by atoms with Gasteiger partial charge in [0.2, 0.25) is 5.92 Å². The first-order valence-corrected chi connectivity index (χ1v) is 13.1. The summed E-state index contributed by atoms with van der Waals surface area (Å²) in [4.78, 5) is 17.1. The smallest absolute Gasteiger partial charge is 0.320 e. The number of carbonyl (C=O) groups is 1. The van der Waals surface area contributed by atoms with Gasteiger partial charge in [0.25, 0.3) is 5.91 Å². The maximum absolute atomic E-state index is 14.2. The van der Waals surface area contributed by atoms with Crippen LogP contribution in [-0.4, -0.2) is 37.1 Å². The third-order valence-electron chi connectivity index (χ3n) is 7.42. The highest BCUT2D eigenvalue weighted by molar-refractivity contribution is 7.91. The molecule has 190 valence electrons. The highest BCUT2D eigenvalue weighted by atomic mass is 32.2. The minimum atomic E-state index is -4.88. The second-order valence-electron chi connectivity index (χ2n) is 10.4. The molecule has 2 aromatic heterocycles. The van der Waals surface area contributed by atoms with E-state index in [-0.39, 0.29) is 29.4 Å². The molecule has 13 heteroatoms. The van der Waals surface area contributed by atoms with Crippen LogP contribution in [-0.2, 0) is 22.5 Å². The lowest BCUT2D eigenvalue weighted by Gasteiger charge is -2.18. The zero-order chi connectivity index (χ0) is 25.6. The molecule has 3 aliphatic rings. The van der Waals surface area contributed by atoms with Crippen LogP contribution in [0.1, 0.15) is 66.7 Å². The predicted octanol–water partition coefficient (Wildman–Crippen LogP) is 5.29. The zero-order valence-electron chi connectivity index (χ0n) is 19.0. The molecule has 0 radical (unpaired) electrons. The number of halogens is 5. The van der Waals surface area contributed by atoms with E-state index >= 15 is 0 Å². The van der Waals surface area contributed by atoms with Crippen LogP contribution < -0.4 is 5.32 Å². The number of aromatic nitrogens is 3. The lowest BCUT2D eigenvalue weighted by atomic mass is 9.98. The molecule has 0 spiro atoms. The molecule has 35 heavy (non-hydrogen) atoms. The molecule has 0 aromatic carbocycles. The Labute approximate surface area is 198 Å². The van der Waals surface area contributed by atoms with Gasteiger partial charge in [0.05, 0.1) is 15.4 Å². The Morgan fingerprint density at radius 1 is 1.29 bits per heavy atom. The minimum Gasteiger partial charge on any atom is -0.320 e. The first kappa shape index (κ1) is 24.1. The summed E-state index contributed by atoms with van der Waals surface area (Å²) in [5.74, 6) is -4.45. The Hall–Kier alpha value is -2.57. The number of rotatable bonds is 6. The van der Waals surface area contributed by atoms with Crippen molar-refractivity contribution in [2.75, 3.05) is 11.6 Å². The summed E-state index contributed by atoms with van der Waals surface area (Å²) < 4.78 is 91.6. The van der Waals surface area contributed by atoms with Gasteiger partial charge >= 0.3 is 6.18 Å². The largest absolute Gasteiger partial charge is 0.420 e. The SMILES string of the molecule is CC12CC(F)(F)CC1(Cn1nc(C3CC3)c(C(F)(F)F)c1C(=O)Nc1ccnc(S(C)(=N)=O)c1)C2. The van der Waals surface area contributed by atoms with Crippen molar-refractivity contribution in [2.45, 2.75) is 68.6 Å². The van der Waals surface area contributed by atoms with Crippen LogP contribution >= 0.6 is 0 Å². The summed E-state index contributed by atoms with van der Waals surface area (Å²) in [5, 5.41) is 6.41. The van der Waals surface area contributed by atoms with Crippen molar-refractivity contribution in [3.63, 3.8) is 0 Å². The maximum atomic E-state index is 14.2. The summed E-state index contributed by atoms with van der Waals surface area (Å²) in [6.45, 7) is 1.49. The lowest BCUT2D eigenvalue weighted by Crippen LogP contribution is -2.26. The Bertz CT molecular complexity index is 1330. The highest BCUT2D eigenvalue weighted by Crippen LogP contribution is 2.77. The summed E-state index contributed by atoms with van der Waals surface area (Å²) >= 11 is 0. The summed E-state index contributed by atoms with van der Waals surface area (Å²) in [7, 11) is -3.23. The topological polar surface area (TPSA) is 101 Å². The van der Waals surface area contributed by atoms with Crippen LogP contribution in [0.25, 0.3) is 0 Å². The van der Waals surface area contributed by atoms with Crippen LogP contribution in [0, 0.1) is 15.6 Å². The van der Waals surface area contributed by atoms with Gasteiger partial charge < -0.3 is 5.32 Å². The molecule has 0 aliphatic heterocycles. The molecule has 3 fully saturated rings. The van der Waals surface area contributed by atoms with E-state index in [0.29, 0.717) is 19.3 Å². The van der Waals surface area contributed by atoms with Gasteiger partial charge in [0, 0.05) is 48.9 Å². The summed E-state index contributed by atoms with van der Waals surface area (Å²) in [6.07, 6.45) is -1.92. The van der Waals surface area contributed by atoms with Crippen LogP contribution in [0.4, 0.5) is 27.6 Å². The molecule has 2 heterocycles. The van der Waals surface area contributed by atoms with E-state index in [1.54, 1.807) is 6.92 Å². The molecule has 3 aliphatic carbocycles. The standard InChI is InChI=1S/C22H24F5N5O2S/c1-19-8-20(19,10-21(23,24)9-19)11-32-17(15(22(25,26)27)16(31-32)12-3-4-12)18(33)30-13-5-6-29-14(7-13)35(2,28)34/h5-7,12,28H,3-4,8-11H2,1-2H3,(H,29,30,33). The molecule has 1 amide bonds. The van der Waals surface area contributed by atoms with Crippen molar-refractivity contribution in [3.05, 3.63) is 35.3 Å². The Balaban J connectivity index is 1.56. The van der Waals surface area contributed by atoms with Gasteiger partial charge in [-0.25, -0.2) is 22.8 Å². The van der Waals surface area contributed by atoms with Crippen molar-refractivity contribution >= 4 is 21.3 Å². The highest BCUT2D eigenvalue weighted by Gasteiger charge is 2.74.